The number of hydrogen-bond acceptors (Lipinski definition) is 14. The van der Waals surface area contributed by atoms with E-state index in [4.69, 9.17) is 14.5 Å². The predicted octanol–water partition coefficient (Wildman–Crippen LogP) is 8.71. The molecular weight excluding hydrogens is 960 g/mol. The molecule has 1 atom stereocenters. The van der Waals surface area contributed by atoms with Crippen LogP contribution in [0.5, 0.6) is 11.5 Å². The van der Waals surface area contributed by atoms with Gasteiger partial charge in [0, 0.05) is 61.0 Å². The van der Waals surface area contributed by atoms with Crippen molar-refractivity contribution in [1.82, 2.24) is 35.1 Å². The molecule has 1 spiro atoms. The third kappa shape index (κ3) is 10.8. The van der Waals surface area contributed by atoms with Gasteiger partial charge < -0.3 is 39.4 Å². The number of aromatic nitrogens is 4. The highest BCUT2D eigenvalue weighted by molar-refractivity contribution is 9.10. The van der Waals surface area contributed by atoms with Crippen LogP contribution < -0.4 is 35.6 Å². The molecule has 1 unspecified atom stereocenters. The molecule has 3 amide bonds. The van der Waals surface area contributed by atoms with Crippen molar-refractivity contribution in [3.05, 3.63) is 82.2 Å². The van der Waals surface area contributed by atoms with Crippen molar-refractivity contribution in [3.8, 4) is 11.5 Å². The number of nitrogens with zero attached hydrogens (tertiary/aromatic N) is 7. The van der Waals surface area contributed by atoms with Crippen molar-refractivity contribution in [3.63, 3.8) is 0 Å². The van der Waals surface area contributed by atoms with Gasteiger partial charge in [-0.05, 0) is 142 Å². The zero-order valence-corrected chi connectivity index (χ0v) is 42.5. The Morgan fingerprint density at radius 2 is 1.64 bits per heavy atom. The molecule has 364 valence electrons. The van der Waals surface area contributed by atoms with Gasteiger partial charge in [0.15, 0.2) is 0 Å². The van der Waals surface area contributed by atoms with Gasteiger partial charge in [0.05, 0.1) is 46.9 Å². The molecule has 0 saturated carbocycles. The summed E-state index contributed by atoms with van der Waals surface area (Å²) in [4.78, 5) is 62.3. The van der Waals surface area contributed by atoms with Gasteiger partial charge in [-0.3, -0.25) is 29.7 Å². The first-order valence-corrected chi connectivity index (χ1v) is 27.6. The summed E-state index contributed by atoms with van der Waals surface area (Å²) in [7, 11) is -1.08. The number of rotatable bonds is 17. The van der Waals surface area contributed by atoms with E-state index in [1.807, 2.05) is 24.3 Å². The minimum absolute atomic E-state index is 0.180. The summed E-state index contributed by atoms with van der Waals surface area (Å²) < 4.78 is 26.3. The number of amides is 3. The molecule has 0 bridgehead atoms. The smallest absolute Gasteiger partial charge is 0.255 e. The fourth-order valence-electron chi connectivity index (χ4n) is 10.5. The van der Waals surface area contributed by atoms with Crippen LogP contribution in [0.3, 0.4) is 0 Å². The molecule has 69 heavy (non-hydrogen) atoms. The molecule has 16 nitrogen and oxygen atoms in total. The lowest BCUT2D eigenvalue weighted by molar-refractivity contribution is -0.136. The van der Waals surface area contributed by atoms with Gasteiger partial charge in [-0.15, -0.1) is 0 Å². The van der Waals surface area contributed by atoms with Crippen LogP contribution in [-0.2, 0) is 20.7 Å². The molecule has 3 aromatic carbocycles. The van der Waals surface area contributed by atoms with E-state index in [2.05, 4.69) is 75.7 Å². The topological polar surface area (TPSA) is 184 Å². The summed E-state index contributed by atoms with van der Waals surface area (Å²) in [6.45, 7) is 12.0. The Morgan fingerprint density at radius 3 is 2.41 bits per heavy atom. The molecule has 6 heterocycles. The lowest BCUT2D eigenvalue weighted by Crippen LogP contribution is -2.52. The molecule has 3 N–H and O–H groups in total. The van der Waals surface area contributed by atoms with E-state index in [1.54, 1.807) is 50.0 Å². The zero-order chi connectivity index (χ0) is 48.3. The van der Waals surface area contributed by atoms with Gasteiger partial charge in [0.25, 0.3) is 5.91 Å². The molecule has 3 saturated heterocycles. The maximum atomic E-state index is 13.5. The molecule has 0 radical (unpaired) electrons. The number of aryl methyl sites for hydroxylation is 1. The van der Waals surface area contributed by atoms with Crippen LogP contribution in [0.2, 0.25) is 0 Å². The average molecular weight is 1020 g/mol. The predicted molar refractivity (Wildman–Crippen MR) is 273 cm³/mol. The number of carbonyl (C=O) groups excluding carboxylic acids is 3. The number of ether oxygens (including phenoxy) is 2. The van der Waals surface area contributed by atoms with Crippen molar-refractivity contribution in [2.45, 2.75) is 90.1 Å². The number of piperidine rings is 3. The van der Waals surface area contributed by atoms with Gasteiger partial charge in [-0.1, -0.05) is 25.3 Å². The second-order valence-electron chi connectivity index (χ2n) is 19.3. The quantitative estimate of drug-likeness (QED) is 0.0457. The van der Waals surface area contributed by atoms with Crippen LogP contribution in [-0.4, -0.2) is 113 Å². The van der Waals surface area contributed by atoms with Crippen molar-refractivity contribution < 1.29 is 28.4 Å². The second kappa shape index (κ2) is 20.8. The molecular formula is C51H62BrN10O6P. The van der Waals surface area contributed by atoms with Crippen molar-refractivity contribution in [1.29, 1.82) is 0 Å². The number of hydrogen-bond donors (Lipinski definition) is 3. The Hall–Kier alpha value is -5.64. The van der Waals surface area contributed by atoms with E-state index in [0.717, 1.165) is 68.8 Å². The Kier molecular flexibility index (Phi) is 14.6. The van der Waals surface area contributed by atoms with Crippen molar-refractivity contribution >= 4 is 86.0 Å². The SMILES string of the molecule is COc1cc(N2CCC3(CCN(CCCCCCCOc4cccc5c4CN(C4CCC(=O)NC4=O)C5=O)CC3)CC2)c(C)cc1Nc1ncc(Br)c(Nc2ccc3nccnc3c2P(C)(C)=O)n1. The molecule has 4 aliphatic rings. The maximum Gasteiger partial charge on any atom is 0.255 e. The highest BCUT2D eigenvalue weighted by Gasteiger charge is 2.41. The van der Waals surface area contributed by atoms with E-state index < -0.39 is 19.1 Å². The van der Waals surface area contributed by atoms with Crippen LogP contribution in [0.25, 0.3) is 11.0 Å². The van der Waals surface area contributed by atoms with Gasteiger partial charge in [-0.2, -0.15) is 4.98 Å². The van der Waals surface area contributed by atoms with Crippen LogP contribution in [0.1, 0.15) is 92.1 Å². The summed E-state index contributed by atoms with van der Waals surface area (Å²) in [5, 5.41) is 9.75. The van der Waals surface area contributed by atoms with Gasteiger partial charge in [0.1, 0.15) is 36.0 Å². The van der Waals surface area contributed by atoms with Crippen LogP contribution in [0.15, 0.2) is 65.5 Å². The van der Waals surface area contributed by atoms with Crippen LogP contribution >= 0.6 is 23.1 Å². The number of anilines is 5. The zero-order valence-electron chi connectivity index (χ0n) is 40.0. The Morgan fingerprint density at radius 1 is 0.884 bits per heavy atom. The maximum absolute atomic E-state index is 13.5. The first-order valence-electron chi connectivity index (χ1n) is 24.2. The number of nitrogens with one attached hydrogen (secondary N) is 3. The monoisotopic (exact) mass is 1020 g/mol. The van der Waals surface area contributed by atoms with E-state index in [0.29, 0.717) is 80.3 Å². The largest absolute Gasteiger partial charge is 0.494 e. The number of methoxy groups -OCH3 is 1. The van der Waals surface area contributed by atoms with Crippen LogP contribution in [0.4, 0.5) is 28.8 Å². The number of fused-ring (bicyclic) bond motifs is 2. The summed E-state index contributed by atoms with van der Waals surface area (Å²) in [6.07, 6.45) is 16.0. The summed E-state index contributed by atoms with van der Waals surface area (Å²) >= 11 is 3.60. The lowest BCUT2D eigenvalue weighted by atomic mass is 9.71. The van der Waals surface area contributed by atoms with Gasteiger partial charge >= 0.3 is 0 Å². The molecule has 5 aromatic rings. The normalized spacial score (nSPS) is 18.4. The average Bonchev–Trinajstić information content (AvgIpc) is 3.67. The fraction of sp³-hybridized carbons (Fsp3) is 0.471. The Labute approximate surface area is 412 Å². The van der Waals surface area contributed by atoms with E-state index >= 15 is 0 Å². The first-order chi connectivity index (χ1) is 33.3. The minimum Gasteiger partial charge on any atom is -0.494 e. The molecule has 4 aliphatic heterocycles. The molecule has 9 rings (SSSR count). The van der Waals surface area contributed by atoms with E-state index in [9.17, 15) is 18.9 Å². The van der Waals surface area contributed by atoms with E-state index in [1.165, 1.54) is 44.2 Å². The minimum atomic E-state index is -2.77. The molecule has 18 heteroatoms. The van der Waals surface area contributed by atoms with E-state index in [-0.39, 0.29) is 18.2 Å². The number of halogens is 1. The number of likely N-dealkylation sites (tertiary alicyclic amines) is 1. The summed E-state index contributed by atoms with van der Waals surface area (Å²) in [5.41, 5.74) is 6.83. The molecule has 3 fully saturated rings. The highest BCUT2D eigenvalue weighted by atomic mass is 79.9. The first kappa shape index (κ1) is 48.4. The van der Waals surface area contributed by atoms with Crippen molar-refractivity contribution in [2.75, 3.05) is 75.3 Å². The fourth-order valence-corrected chi connectivity index (χ4v) is 12.2. The van der Waals surface area contributed by atoms with Crippen molar-refractivity contribution in [2.24, 2.45) is 5.41 Å². The Bertz CT molecular complexity index is 2790. The van der Waals surface area contributed by atoms with Gasteiger partial charge in [-0.25, -0.2) is 4.98 Å². The summed E-state index contributed by atoms with van der Waals surface area (Å²) in [6, 6.07) is 12.9. The number of imide groups is 1. The molecule has 2 aromatic heterocycles. The summed E-state index contributed by atoms with van der Waals surface area (Å²) in [5.74, 6) is 1.44. The Balaban J connectivity index is 0.706. The van der Waals surface area contributed by atoms with Crippen LogP contribution in [0, 0.1) is 12.3 Å². The van der Waals surface area contributed by atoms with Gasteiger partial charge in [0.2, 0.25) is 17.8 Å². The standard InChI is InChI=1S/C51H62BrN10O6P/c1-33-29-39(57-50-55-31-36(52)47(59-50)56-38-14-13-37-45(54-22-21-53-37)46(38)69(3,4)66)43(67-2)30-41(33)61-26-19-51(20-27-61)17-24-60(25-18-51)23-8-6-5-7-9-28-68-42-12-10-11-34-35(42)32-62(49(34)65)40-15-16-44(63)58-48(40)64/h10-14,21-22,29-31,40H,5-9,15-20,23-28,32H2,1-4H3,(H,58,63,64)(H2,55,56,57,59). The lowest BCUT2D eigenvalue weighted by Gasteiger charge is -2.47. The number of benzene rings is 3. The molecule has 0 aliphatic carbocycles. The third-order valence-electron chi connectivity index (χ3n) is 14.4. The highest BCUT2D eigenvalue weighted by Crippen LogP contribution is 2.45. The number of carbonyl (C=O) groups is 3. The number of unbranched alkanes of at least 4 members (excludes halogenated alkanes) is 4. The second-order valence-corrected chi connectivity index (χ2v) is 23.3. The third-order valence-corrected chi connectivity index (χ3v) is 16.5.